The van der Waals surface area contributed by atoms with Crippen LogP contribution in [0.3, 0.4) is 0 Å². The lowest BCUT2D eigenvalue weighted by molar-refractivity contribution is 0.0295. The van der Waals surface area contributed by atoms with Gasteiger partial charge in [-0.1, -0.05) is 13.0 Å². The van der Waals surface area contributed by atoms with Crippen LogP contribution in [0.15, 0.2) is 17.5 Å². The number of nitrogens with one attached hydrogen (secondary N) is 1. The second kappa shape index (κ2) is 6.23. The first-order chi connectivity index (χ1) is 8.23. The van der Waals surface area contributed by atoms with Gasteiger partial charge < -0.3 is 10.4 Å². The van der Waals surface area contributed by atoms with E-state index in [-0.39, 0.29) is 0 Å². The van der Waals surface area contributed by atoms with Gasteiger partial charge in [-0.2, -0.15) is 11.8 Å². The highest BCUT2D eigenvalue weighted by molar-refractivity contribution is 7.99. The summed E-state index contributed by atoms with van der Waals surface area (Å²) >= 11 is 3.74. The van der Waals surface area contributed by atoms with Crippen molar-refractivity contribution >= 4 is 23.1 Å². The molecule has 2 heterocycles. The van der Waals surface area contributed by atoms with Gasteiger partial charge in [0.2, 0.25) is 0 Å². The van der Waals surface area contributed by atoms with Crippen molar-refractivity contribution < 1.29 is 5.11 Å². The van der Waals surface area contributed by atoms with Crippen molar-refractivity contribution in [3.63, 3.8) is 0 Å². The number of aliphatic hydroxyl groups is 1. The van der Waals surface area contributed by atoms with E-state index in [0.717, 1.165) is 37.3 Å². The summed E-state index contributed by atoms with van der Waals surface area (Å²) < 4.78 is 0. The van der Waals surface area contributed by atoms with Gasteiger partial charge in [0.25, 0.3) is 0 Å². The monoisotopic (exact) mass is 271 g/mol. The largest absolute Gasteiger partial charge is 0.389 e. The summed E-state index contributed by atoms with van der Waals surface area (Å²) in [6, 6.07) is 4.66. The summed E-state index contributed by atoms with van der Waals surface area (Å²) in [6.45, 7) is 2.92. The molecule has 96 valence electrons. The van der Waals surface area contributed by atoms with Gasteiger partial charge in [0, 0.05) is 17.5 Å². The fraction of sp³-hybridized carbons (Fsp3) is 0.692. The van der Waals surface area contributed by atoms with Gasteiger partial charge in [0.05, 0.1) is 5.60 Å². The molecule has 1 aliphatic heterocycles. The highest BCUT2D eigenvalue weighted by Crippen LogP contribution is 2.28. The Morgan fingerprint density at radius 2 is 2.24 bits per heavy atom. The predicted octanol–water partition coefficient (Wildman–Crippen LogP) is 3.05. The lowest BCUT2D eigenvalue weighted by atomic mass is 9.96. The Balaban J connectivity index is 1.87. The van der Waals surface area contributed by atoms with Crippen LogP contribution in [0.1, 0.15) is 37.1 Å². The zero-order valence-corrected chi connectivity index (χ0v) is 11.9. The smallest absolute Gasteiger partial charge is 0.0787 e. The minimum Gasteiger partial charge on any atom is -0.389 e. The van der Waals surface area contributed by atoms with Crippen molar-refractivity contribution in [3.8, 4) is 0 Å². The third-order valence-electron chi connectivity index (χ3n) is 3.40. The van der Waals surface area contributed by atoms with Crippen LogP contribution < -0.4 is 5.32 Å². The van der Waals surface area contributed by atoms with Crippen LogP contribution in [0.4, 0.5) is 0 Å². The van der Waals surface area contributed by atoms with E-state index >= 15 is 0 Å². The molecule has 2 rings (SSSR count). The molecule has 1 aliphatic rings. The molecular formula is C13H21NOS2. The van der Waals surface area contributed by atoms with Crippen molar-refractivity contribution in [1.82, 2.24) is 5.32 Å². The van der Waals surface area contributed by atoms with Crippen LogP contribution in [0.2, 0.25) is 0 Å². The van der Waals surface area contributed by atoms with Gasteiger partial charge >= 0.3 is 0 Å². The molecule has 4 heteroatoms. The van der Waals surface area contributed by atoms with Gasteiger partial charge in [-0.3, -0.25) is 0 Å². The second-order valence-electron chi connectivity index (χ2n) is 4.69. The third-order valence-corrected chi connectivity index (χ3v) is 5.37. The lowest BCUT2D eigenvalue weighted by Crippen LogP contribution is -2.44. The first kappa shape index (κ1) is 13.4. The molecule has 0 amide bonds. The van der Waals surface area contributed by atoms with Crippen LogP contribution in [-0.4, -0.2) is 28.8 Å². The summed E-state index contributed by atoms with van der Waals surface area (Å²) in [5.74, 6) is 2.18. The van der Waals surface area contributed by atoms with Gasteiger partial charge in [0.15, 0.2) is 0 Å². The van der Waals surface area contributed by atoms with Crippen molar-refractivity contribution in [3.05, 3.63) is 22.4 Å². The SMILES string of the molecule is CCC(NCC1(O)CCSCC1)c1cccs1. The van der Waals surface area contributed by atoms with E-state index in [4.69, 9.17) is 0 Å². The first-order valence-electron chi connectivity index (χ1n) is 6.30. The van der Waals surface area contributed by atoms with Gasteiger partial charge in [-0.15, -0.1) is 11.3 Å². The summed E-state index contributed by atoms with van der Waals surface area (Å²) in [5, 5.41) is 16.1. The molecule has 17 heavy (non-hydrogen) atoms. The Morgan fingerprint density at radius 3 is 2.82 bits per heavy atom. The molecule has 1 aromatic heterocycles. The number of thioether (sulfide) groups is 1. The van der Waals surface area contributed by atoms with E-state index in [1.54, 1.807) is 11.3 Å². The van der Waals surface area contributed by atoms with Gasteiger partial charge in [-0.05, 0) is 42.2 Å². The molecule has 1 saturated heterocycles. The minimum atomic E-state index is -0.476. The fourth-order valence-electron chi connectivity index (χ4n) is 2.18. The molecular weight excluding hydrogens is 250 g/mol. The topological polar surface area (TPSA) is 32.3 Å². The second-order valence-corrected chi connectivity index (χ2v) is 6.90. The van der Waals surface area contributed by atoms with Crippen molar-refractivity contribution in [2.75, 3.05) is 18.1 Å². The molecule has 0 radical (unpaired) electrons. The highest BCUT2D eigenvalue weighted by atomic mass is 32.2. The molecule has 1 fully saturated rings. The van der Waals surface area contributed by atoms with E-state index in [1.807, 2.05) is 11.8 Å². The summed E-state index contributed by atoms with van der Waals surface area (Å²) in [6.07, 6.45) is 2.92. The Morgan fingerprint density at radius 1 is 1.47 bits per heavy atom. The summed E-state index contributed by atoms with van der Waals surface area (Å²) in [4.78, 5) is 1.38. The van der Waals surface area contributed by atoms with Crippen LogP contribution in [0.25, 0.3) is 0 Å². The highest BCUT2D eigenvalue weighted by Gasteiger charge is 2.29. The zero-order valence-electron chi connectivity index (χ0n) is 10.3. The predicted molar refractivity (Wildman–Crippen MR) is 76.9 cm³/mol. The Bertz CT molecular complexity index is 320. The number of hydrogen-bond acceptors (Lipinski definition) is 4. The molecule has 0 aromatic carbocycles. The molecule has 1 atom stereocenters. The molecule has 0 aliphatic carbocycles. The molecule has 0 spiro atoms. The first-order valence-corrected chi connectivity index (χ1v) is 8.34. The molecule has 0 bridgehead atoms. The zero-order chi connectivity index (χ0) is 12.1. The fourth-order valence-corrected chi connectivity index (χ4v) is 4.32. The standard InChI is InChI=1S/C13H21NOS2/c1-2-11(12-4-3-7-17-12)14-10-13(15)5-8-16-9-6-13/h3-4,7,11,14-15H,2,5-6,8-10H2,1H3. The van der Waals surface area contributed by atoms with Crippen molar-refractivity contribution in [2.24, 2.45) is 0 Å². The number of hydrogen-bond donors (Lipinski definition) is 2. The van der Waals surface area contributed by atoms with Crippen LogP contribution in [-0.2, 0) is 0 Å². The molecule has 1 unspecified atom stereocenters. The van der Waals surface area contributed by atoms with E-state index < -0.39 is 5.60 Å². The number of rotatable bonds is 5. The van der Waals surface area contributed by atoms with Gasteiger partial charge in [0.1, 0.15) is 0 Å². The Labute approximate surface area is 112 Å². The molecule has 0 saturated carbocycles. The molecule has 1 aromatic rings. The van der Waals surface area contributed by atoms with Crippen LogP contribution in [0.5, 0.6) is 0 Å². The Kier molecular flexibility index (Phi) is 4.91. The summed E-state index contributed by atoms with van der Waals surface area (Å²) in [7, 11) is 0. The lowest BCUT2D eigenvalue weighted by Gasteiger charge is -2.33. The van der Waals surface area contributed by atoms with E-state index in [2.05, 4.69) is 29.8 Å². The van der Waals surface area contributed by atoms with E-state index in [0.29, 0.717) is 6.04 Å². The number of thiophene rings is 1. The van der Waals surface area contributed by atoms with Crippen LogP contribution >= 0.6 is 23.1 Å². The van der Waals surface area contributed by atoms with Gasteiger partial charge in [-0.25, -0.2) is 0 Å². The van der Waals surface area contributed by atoms with E-state index in [1.165, 1.54) is 4.88 Å². The average Bonchev–Trinajstić information content (AvgIpc) is 2.84. The normalized spacial score (nSPS) is 21.3. The quantitative estimate of drug-likeness (QED) is 0.863. The third kappa shape index (κ3) is 3.71. The van der Waals surface area contributed by atoms with Crippen molar-refractivity contribution in [2.45, 2.75) is 37.8 Å². The maximum atomic E-state index is 10.4. The van der Waals surface area contributed by atoms with Crippen molar-refractivity contribution in [1.29, 1.82) is 0 Å². The van der Waals surface area contributed by atoms with E-state index in [9.17, 15) is 5.11 Å². The maximum absolute atomic E-state index is 10.4. The molecule has 2 N–H and O–H groups in total. The summed E-state index contributed by atoms with van der Waals surface area (Å²) in [5.41, 5.74) is -0.476. The maximum Gasteiger partial charge on any atom is 0.0787 e. The molecule has 2 nitrogen and oxygen atoms in total. The van der Waals surface area contributed by atoms with Crippen LogP contribution in [0, 0.1) is 0 Å². The Hall–Kier alpha value is -0.0300. The minimum absolute atomic E-state index is 0.397. The average molecular weight is 271 g/mol.